The Bertz CT molecular complexity index is 864. The number of thiazole rings is 1. The van der Waals surface area contributed by atoms with Crippen molar-refractivity contribution in [3.8, 4) is 11.3 Å². The van der Waals surface area contributed by atoms with E-state index in [-0.39, 0.29) is 0 Å². The molecule has 0 fully saturated rings. The molecule has 0 aliphatic heterocycles. The number of hydrogen-bond acceptors (Lipinski definition) is 4. The molecule has 23 heavy (non-hydrogen) atoms. The third-order valence-electron chi connectivity index (χ3n) is 3.13. The topological polar surface area (TPSA) is 42.5 Å². The van der Waals surface area contributed by atoms with Crippen molar-refractivity contribution in [1.82, 2.24) is 9.66 Å². The highest BCUT2D eigenvalue weighted by atomic mass is 35.5. The summed E-state index contributed by atoms with van der Waals surface area (Å²) < 4.78 is 1.85. The van der Waals surface area contributed by atoms with E-state index in [0.717, 1.165) is 21.6 Å². The molecule has 2 aromatic heterocycles. The fraction of sp³-hybridized carbons (Fsp3) is 0.118. The number of nitrogens with zero attached hydrogens (tertiary/aromatic N) is 4. The smallest absolute Gasteiger partial charge is 0.206 e. The van der Waals surface area contributed by atoms with Crippen LogP contribution in [-0.4, -0.2) is 22.4 Å². The first-order valence-electron chi connectivity index (χ1n) is 7.19. The maximum atomic E-state index is 5.98. The zero-order valence-electron chi connectivity index (χ0n) is 12.6. The molecule has 0 aliphatic carbocycles. The number of halogens is 1. The highest BCUT2D eigenvalue weighted by Gasteiger charge is 2.07. The van der Waals surface area contributed by atoms with Crippen LogP contribution < -0.4 is 4.80 Å². The SMILES string of the molecule is CCN=c1scc(-c2ccc(Cl)cc2)n1/N=C/c1cccnc1. The first-order chi connectivity index (χ1) is 11.3. The summed E-state index contributed by atoms with van der Waals surface area (Å²) in [7, 11) is 0. The van der Waals surface area contributed by atoms with E-state index in [4.69, 9.17) is 11.6 Å². The summed E-state index contributed by atoms with van der Waals surface area (Å²) in [5.74, 6) is 0. The van der Waals surface area contributed by atoms with Gasteiger partial charge in [0.05, 0.1) is 11.9 Å². The monoisotopic (exact) mass is 342 g/mol. The summed E-state index contributed by atoms with van der Waals surface area (Å²) in [6.45, 7) is 2.72. The van der Waals surface area contributed by atoms with Crippen LogP contribution in [0.2, 0.25) is 5.02 Å². The van der Waals surface area contributed by atoms with E-state index in [9.17, 15) is 0 Å². The molecule has 1 aromatic carbocycles. The van der Waals surface area contributed by atoms with Gasteiger partial charge in [-0.2, -0.15) is 5.10 Å². The van der Waals surface area contributed by atoms with E-state index in [0.29, 0.717) is 11.6 Å². The standard InChI is InChI=1S/C17H15ClN4S/c1-2-20-17-22(21-11-13-4-3-9-19-10-13)16(12-23-17)14-5-7-15(18)8-6-14/h3-12H,2H2,1H3/b20-17?,21-11+. The van der Waals surface area contributed by atoms with Crippen molar-refractivity contribution >= 4 is 29.2 Å². The predicted octanol–water partition coefficient (Wildman–Crippen LogP) is 4.07. The number of pyridine rings is 1. The quantitative estimate of drug-likeness (QED) is 0.659. The lowest BCUT2D eigenvalue weighted by atomic mass is 10.2. The average molecular weight is 343 g/mol. The van der Waals surface area contributed by atoms with Crippen LogP contribution in [0.3, 0.4) is 0 Å². The molecule has 0 saturated heterocycles. The second kappa shape index (κ2) is 7.35. The Kier molecular flexibility index (Phi) is 5.00. The lowest BCUT2D eigenvalue weighted by Gasteiger charge is -2.03. The highest BCUT2D eigenvalue weighted by molar-refractivity contribution is 7.07. The molecule has 0 spiro atoms. The molecule has 6 heteroatoms. The maximum absolute atomic E-state index is 5.98. The van der Waals surface area contributed by atoms with Crippen molar-refractivity contribution in [2.75, 3.05) is 6.54 Å². The number of aromatic nitrogens is 2. The first-order valence-corrected chi connectivity index (χ1v) is 8.45. The van der Waals surface area contributed by atoms with Crippen molar-refractivity contribution < 1.29 is 0 Å². The van der Waals surface area contributed by atoms with Crippen molar-refractivity contribution in [2.45, 2.75) is 6.92 Å². The van der Waals surface area contributed by atoms with Crippen LogP contribution in [0.1, 0.15) is 12.5 Å². The number of benzene rings is 1. The van der Waals surface area contributed by atoms with Gasteiger partial charge in [-0.05, 0) is 25.1 Å². The molecule has 0 unspecified atom stereocenters. The molecular weight excluding hydrogens is 328 g/mol. The zero-order chi connectivity index (χ0) is 16.1. The van der Waals surface area contributed by atoms with Gasteiger partial charge in [0, 0.05) is 40.5 Å². The summed E-state index contributed by atoms with van der Waals surface area (Å²) in [4.78, 5) is 9.47. The molecule has 0 radical (unpaired) electrons. The van der Waals surface area contributed by atoms with Gasteiger partial charge in [-0.15, -0.1) is 11.3 Å². The summed E-state index contributed by atoms with van der Waals surface area (Å²) in [6.07, 6.45) is 5.30. The summed E-state index contributed by atoms with van der Waals surface area (Å²) in [6, 6.07) is 11.6. The van der Waals surface area contributed by atoms with Gasteiger partial charge < -0.3 is 0 Å². The summed E-state index contributed by atoms with van der Waals surface area (Å²) in [5.41, 5.74) is 2.97. The lowest BCUT2D eigenvalue weighted by molar-refractivity contribution is 0.833. The minimum Gasteiger partial charge on any atom is -0.264 e. The second-order valence-corrected chi connectivity index (χ2v) is 6.00. The Morgan fingerprint density at radius 3 is 2.78 bits per heavy atom. The molecule has 116 valence electrons. The predicted molar refractivity (Wildman–Crippen MR) is 96.1 cm³/mol. The highest BCUT2D eigenvalue weighted by Crippen LogP contribution is 2.22. The minimum absolute atomic E-state index is 0.711. The Morgan fingerprint density at radius 2 is 2.09 bits per heavy atom. The zero-order valence-corrected chi connectivity index (χ0v) is 14.1. The van der Waals surface area contributed by atoms with E-state index >= 15 is 0 Å². The van der Waals surface area contributed by atoms with E-state index in [1.54, 1.807) is 29.9 Å². The molecule has 0 aliphatic rings. The largest absolute Gasteiger partial charge is 0.264 e. The van der Waals surface area contributed by atoms with Gasteiger partial charge in [-0.1, -0.05) is 29.8 Å². The molecular formula is C17H15ClN4S. The maximum Gasteiger partial charge on any atom is 0.206 e. The second-order valence-electron chi connectivity index (χ2n) is 4.73. The Morgan fingerprint density at radius 1 is 1.26 bits per heavy atom. The molecule has 4 nitrogen and oxygen atoms in total. The van der Waals surface area contributed by atoms with E-state index < -0.39 is 0 Å². The normalized spacial score (nSPS) is 12.2. The van der Waals surface area contributed by atoms with Crippen LogP contribution in [0.4, 0.5) is 0 Å². The Hall–Kier alpha value is -2.24. The van der Waals surface area contributed by atoms with Crippen molar-refractivity contribution in [1.29, 1.82) is 0 Å². The van der Waals surface area contributed by atoms with Gasteiger partial charge in [0.15, 0.2) is 0 Å². The molecule has 0 N–H and O–H groups in total. The minimum atomic E-state index is 0.711. The van der Waals surface area contributed by atoms with Crippen LogP contribution in [0.15, 0.2) is 64.3 Å². The van der Waals surface area contributed by atoms with Crippen molar-refractivity contribution in [2.24, 2.45) is 10.1 Å². The summed E-state index contributed by atoms with van der Waals surface area (Å²) >= 11 is 7.54. The number of hydrogen-bond donors (Lipinski definition) is 0. The van der Waals surface area contributed by atoms with E-state index in [1.807, 2.05) is 48.0 Å². The fourth-order valence-corrected chi connectivity index (χ4v) is 3.08. The van der Waals surface area contributed by atoms with Gasteiger partial charge in [-0.3, -0.25) is 9.98 Å². The lowest BCUT2D eigenvalue weighted by Crippen LogP contribution is -2.12. The van der Waals surface area contributed by atoms with E-state index in [1.165, 1.54) is 0 Å². The van der Waals surface area contributed by atoms with Gasteiger partial charge in [0.1, 0.15) is 0 Å². The first kappa shape index (κ1) is 15.6. The fourth-order valence-electron chi connectivity index (χ4n) is 2.05. The average Bonchev–Trinajstić information content (AvgIpc) is 2.98. The van der Waals surface area contributed by atoms with Crippen LogP contribution >= 0.6 is 22.9 Å². The third kappa shape index (κ3) is 3.75. The Labute approximate surface area is 143 Å². The number of rotatable bonds is 4. The molecule has 0 amide bonds. The molecule has 0 atom stereocenters. The molecule has 3 rings (SSSR count). The van der Waals surface area contributed by atoms with Gasteiger partial charge in [0.2, 0.25) is 4.80 Å². The van der Waals surface area contributed by atoms with Crippen molar-refractivity contribution in [3.63, 3.8) is 0 Å². The van der Waals surface area contributed by atoms with Crippen molar-refractivity contribution in [3.05, 3.63) is 69.6 Å². The van der Waals surface area contributed by atoms with Crippen LogP contribution in [-0.2, 0) is 0 Å². The molecule has 0 bridgehead atoms. The molecule has 0 saturated carbocycles. The van der Waals surface area contributed by atoms with Gasteiger partial charge in [-0.25, -0.2) is 4.68 Å². The van der Waals surface area contributed by atoms with Crippen LogP contribution in [0.5, 0.6) is 0 Å². The molecule has 3 aromatic rings. The van der Waals surface area contributed by atoms with Crippen LogP contribution in [0, 0.1) is 0 Å². The van der Waals surface area contributed by atoms with Gasteiger partial charge >= 0.3 is 0 Å². The van der Waals surface area contributed by atoms with Gasteiger partial charge in [0.25, 0.3) is 0 Å². The molecule has 2 heterocycles. The van der Waals surface area contributed by atoms with Crippen LogP contribution in [0.25, 0.3) is 11.3 Å². The Balaban J connectivity index is 2.06. The summed E-state index contributed by atoms with van der Waals surface area (Å²) in [5, 5.41) is 7.36. The third-order valence-corrected chi connectivity index (χ3v) is 4.23. The van der Waals surface area contributed by atoms with E-state index in [2.05, 4.69) is 20.5 Å².